The molecule has 0 saturated heterocycles. The number of hydrogen-bond donors (Lipinski definition) is 1. The molecule has 0 aliphatic heterocycles. The Balaban J connectivity index is 0.000000360. The van der Waals surface area contributed by atoms with Crippen molar-refractivity contribution in [2.45, 2.75) is 80.9 Å². The van der Waals surface area contributed by atoms with Crippen LogP contribution in [0.3, 0.4) is 0 Å². The molecule has 0 unspecified atom stereocenters. The van der Waals surface area contributed by atoms with E-state index in [4.69, 9.17) is 9.97 Å². The molecule has 41 heavy (non-hydrogen) atoms. The van der Waals surface area contributed by atoms with Gasteiger partial charge in [0.1, 0.15) is 11.6 Å². The van der Waals surface area contributed by atoms with E-state index in [1.165, 1.54) is 22.0 Å². The molecule has 6 heteroatoms. The van der Waals surface area contributed by atoms with Gasteiger partial charge in [0.25, 0.3) is 0 Å². The number of nitrogens with zero attached hydrogens (tertiary/aromatic N) is 2. The molecule has 221 valence electrons. The molecule has 1 radical (unpaired) electrons. The first kappa shape index (κ1) is 34.5. The van der Waals surface area contributed by atoms with Crippen molar-refractivity contribution >= 4 is 40.7 Å². The topological polar surface area (TPSA) is 63.1 Å². The van der Waals surface area contributed by atoms with Crippen molar-refractivity contribution in [3.63, 3.8) is 0 Å². The first-order valence-electron chi connectivity index (χ1n) is 14.1. The number of aromatic nitrogens is 2. The Bertz CT molecular complexity index is 1540. The zero-order valence-electron chi connectivity index (χ0n) is 26.4. The van der Waals surface area contributed by atoms with Crippen molar-refractivity contribution < 1.29 is 30.0 Å². The van der Waals surface area contributed by atoms with E-state index < -0.39 is 13.5 Å². The summed E-state index contributed by atoms with van der Waals surface area (Å²) in [5, 5.41) is 14.7. The molecule has 0 fully saturated rings. The van der Waals surface area contributed by atoms with Crippen LogP contribution in [0.4, 0.5) is 0 Å². The van der Waals surface area contributed by atoms with Gasteiger partial charge in [-0.2, -0.15) is 0 Å². The number of rotatable bonds is 4. The Morgan fingerprint density at radius 2 is 1.56 bits per heavy atom. The van der Waals surface area contributed by atoms with Crippen LogP contribution in [0.15, 0.2) is 66.4 Å². The van der Waals surface area contributed by atoms with Gasteiger partial charge in [0.15, 0.2) is 5.78 Å². The molecular weight excluding hydrogens is 701 g/mol. The maximum atomic E-state index is 11.5. The molecule has 0 amide bonds. The molecule has 1 N–H and O–H groups in total. The smallest absolute Gasteiger partial charge is 0.164 e. The van der Waals surface area contributed by atoms with Crippen LogP contribution in [0, 0.1) is 16.9 Å². The van der Waals surface area contributed by atoms with Crippen LogP contribution < -0.4 is 5.19 Å². The van der Waals surface area contributed by atoms with Crippen molar-refractivity contribution in [1.29, 1.82) is 0 Å². The molecule has 0 bridgehead atoms. The van der Waals surface area contributed by atoms with Gasteiger partial charge in [-0.3, -0.25) is 9.78 Å². The number of fused-ring (bicyclic) bond motifs is 3. The van der Waals surface area contributed by atoms with E-state index in [1.807, 2.05) is 59.7 Å². The minimum atomic E-state index is -1.52. The zero-order valence-corrected chi connectivity index (χ0v) is 29.8. The van der Waals surface area contributed by atoms with E-state index in [-0.39, 0.29) is 43.0 Å². The van der Waals surface area contributed by atoms with Crippen LogP contribution in [0.2, 0.25) is 19.6 Å². The average molecular weight is 746 g/mol. The van der Waals surface area contributed by atoms with E-state index >= 15 is 0 Å². The number of allylic oxidation sites excluding steroid dienone is 2. The van der Waals surface area contributed by atoms with E-state index in [1.54, 1.807) is 0 Å². The largest absolute Gasteiger partial charge is 0.512 e. The van der Waals surface area contributed by atoms with Crippen LogP contribution in [0.1, 0.15) is 67.1 Å². The van der Waals surface area contributed by atoms with E-state index in [0.29, 0.717) is 0 Å². The van der Waals surface area contributed by atoms with Crippen molar-refractivity contribution in [1.82, 2.24) is 9.97 Å². The van der Waals surface area contributed by atoms with Crippen molar-refractivity contribution in [3.8, 4) is 11.3 Å². The Hall–Kier alpha value is -2.66. The van der Waals surface area contributed by atoms with E-state index in [9.17, 15) is 9.90 Å². The standard InChI is InChI=1S/C24H25N2Si.C11H20O2.Ir/c1-16(2)24-25-22(18-10-7-6-8-11-18)19-15-14-17-12-9-13-20(27(3,4)5)21(17)23(19)26-24;1-10(2,3)8(12)7-9(13)11(4,5)6;/h6-10,12-16H,1-5H3;7,12H,1-6H3;/q-1;;/b;8-7-;. The fourth-order valence-corrected chi connectivity index (χ4v) is 5.78. The second-order valence-corrected chi connectivity index (χ2v) is 18.9. The molecule has 1 aromatic heterocycles. The van der Waals surface area contributed by atoms with Crippen molar-refractivity contribution in [3.05, 3.63) is 78.3 Å². The molecule has 1 heterocycles. The Morgan fingerprint density at radius 3 is 2.07 bits per heavy atom. The van der Waals surface area contributed by atoms with Gasteiger partial charge in [0.05, 0.1) is 13.6 Å². The number of aliphatic hydroxyl groups is 1. The predicted octanol–water partition coefficient (Wildman–Crippen LogP) is 9.01. The number of carbonyl (C=O) groups is 1. The fraction of sp³-hybridized carbons (Fsp3) is 0.400. The van der Waals surface area contributed by atoms with Crippen molar-refractivity contribution in [2.24, 2.45) is 10.8 Å². The van der Waals surface area contributed by atoms with Crippen LogP contribution in [-0.2, 0) is 24.9 Å². The summed E-state index contributed by atoms with van der Waals surface area (Å²) in [6.45, 7) is 22.6. The summed E-state index contributed by atoms with van der Waals surface area (Å²) < 4.78 is 0. The zero-order chi connectivity index (χ0) is 30.0. The Labute approximate surface area is 261 Å². The number of aliphatic hydroxyl groups excluding tert-OH is 1. The first-order chi connectivity index (χ1) is 18.4. The maximum Gasteiger partial charge on any atom is 0.164 e. The monoisotopic (exact) mass is 746 g/mol. The SMILES string of the molecule is CC(C)(C)C(=O)/C=C(\O)C(C)(C)C.CC(C)c1nc(-c2[c-]cccc2)c2ccc3cccc([Si](C)(C)C)c3c2n1.[Ir]. The van der Waals surface area contributed by atoms with Gasteiger partial charge in [-0.25, -0.2) is 4.98 Å². The van der Waals surface area contributed by atoms with Crippen LogP contribution in [0.5, 0.6) is 0 Å². The summed E-state index contributed by atoms with van der Waals surface area (Å²) in [5.74, 6) is 1.27. The van der Waals surface area contributed by atoms with Gasteiger partial charge in [0, 0.05) is 48.3 Å². The third kappa shape index (κ3) is 8.44. The molecule has 4 nitrogen and oxygen atoms in total. The summed E-state index contributed by atoms with van der Waals surface area (Å²) in [6.07, 6.45) is 1.33. The number of benzene rings is 3. The second kappa shape index (κ2) is 13.1. The molecule has 0 aliphatic rings. The third-order valence-electron chi connectivity index (χ3n) is 6.79. The molecule has 0 spiro atoms. The molecule has 0 aliphatic carbocycles. The maximum absolute atomic E-state index is 11.5. The molecule has 4 aromatic rings. The van der Waals surface area contributed by atoms with Gasteiger partial charge >= 0.3 is 0 Å². The van der Waals surface area contributed by atoms with Crippen LogP contribution >= 0.6 is 0 Å². The number of carbonyl (C=O) groups excluding carboxylic acids is 1. The van der Waals surface area contributed by atoms with Crippen molar-refractivity contribution in [2.75, 3.05) is 0 Å². The minimum Gasteiger partial charge on any atom is -0.512 e. The summed E-state index contributed by atoms with van der Waals surface area (Å²) >= 11 is 0. The van der Waals surface area contributed by atoms with Crippen LogP contribution in [0.25, 0.3) is 32.9 Å². The fourth-order valence-electron chi connectivity index (χ4n) is 4.17. The quantitative estimate of drug-likeness (QED) is 0.0745. The third-order valence-corrected chi connectivity index (χ3v) is 8.82. The van der Waals surface area contributed by atoms with Gasteiger partial charge < -0.3 is 5.11 Å². The summed E-state index contributed by atoms with van der Waals surface area (Å²) in [4.78, 5) is 21.5. The molecule has 4 rings (SSSR count). The summed E-state index contributed by atoms with van der Waals surface area (Å²) in [6, 6.07) is 22.5. The van der Waals surface area contributed by atoms with Gasteiger partial charge in [-0.05, 0) is 16.5 Å². The first-order valence-corrected chi connectivity index (χ1v) is 17.6. The Morgan fingerprint density at radius 1 is 0.902 bits per heavy atom. The summed E-state index contributed by atoms with van der Waals surface area (Å²) in [7, 11) is -1.52. The Kier molecular flexibility index (Phi) is 11.0. The molecular formula is C35H45IrN2O2Si-. The van der Waals surface area contributed by atoms with Crippen LogP contribution in [-0.4, -0.2) is 28.9 Å². The average Bonchev–Trinajstić information content (AvgIpc) is 2.86. The van der Waals surface area contributed by atoms with E-state index in [0.717, 1.165) is 28.0 Å². The number of ketones is 1. The minimum absolute atomic E-state index is 0. The number of hydrogen-bond acceptors (Lipinski definition) is 4. The predicted molar refractivity (Wildman–Crippen MR) is 173 cm³/mol. The van der Waals surface area contributed by atoms with E-state index in [2.05, 4.69) is 76.0 Å². The normalized spacial score (nSPS) is 12.6. The van der Waals surface area contributed by atoms with Gasteiger partial charge in [-0.1, -0.05) is 111 Å². The molecule has 0 atom stereocenters. The molecule has 3 aromatic carbocycles. The summed E-state index contributed by atoms with van der Waals surface area (Å²) in [5.41, 5.74) is 2.32. The van der Waals surface area contributed by atoms with Gasteiger partial charge in [-0.15, -0.1) is 35.9 Å². The second-order valence-electron chi connectivity index (χ2n) is 13.9. The molecule has 0 saturated carbocycles. The van der Waals surface area contributed by atoms with Gasteiger partial charge in [0.2, 0.25) is 0 Å².